The molecule has 0 bridgehead atoms. The minimum atomic E-state index is 0.956. The van der Waals surface area contributed by atoms with Gasteiger partial charge >= 0.3 is 0 Å². The Balaban J connectivity index is -0.000000206. The van der Waals surface area contributed by atoms with Crippen LogP contribution < -0.4 is 0 Å². The second-order valence-corrected chi connectivity index (χ2v) is 4.99. The zero-order valence-corrected chi connectivity index (χ0v) is 13.9. The zero-order chi connectivity index (χ0) is 13.4. The van der Waals surface area contributed by atoms with Gasteiger partial charge in [0.15, 0.2) is 0 Å². The maximum absolute atomic E-state index is 2.38. The molecule has 0 aromatic carbocycles. The predicted molar refractivity (Wildman–Crippen MR) is 83.6 cm³/mol. The number of thioether (sulfide) groups is 1. The van der Waals surface area contributed by atoms with E-state index in [0.717, 1.165) is 11.2 Å². The van der Waals surface area contributed by atoms with E-state index in [2.05, 4.69) is 39.5 Å². The molecular formula is C15H36S. The second kappa shape index (κ2) is 20.7. The molecule has 102 valence electrons. The van der Waals surface area contributed by atoms with E-state index in [-0.39, 0.29) is 0 Å². The third kappa shape index (κ3) is 14.4. The summed E-state index contributed by atoms with van der Waals surface area (Å²) in [5, 5.41) is 0.995. The van der Waals surface area contributed by atoms with Gasteiger partial charge in [0, 0.05) is 5.25 Å². The van der Waals surface area contributed by atoms with Crippen molar-refractivity contribution < 1.29 is 0 Å². The Hall–Kier alpha value is 0.350. The second-order valence-electron chi connectivity index (χ2n) is 3.64. The standard InChI is InChI=1S/C8H16S.C3H8.2C2H6/c1-3-7(2)8-5-4-6-9-8;1-3-2;2*1-2/h7-8H,3-6H2,1-2H3;3H2,1-2H3;2*1-2H3. The average molecular weight is 249 g/mol. The van der Waals surface area contributed by atoms with E-state index >= 15 is 0 Å². The van der Waals surface area contributed by atoms with Crippen molar-refractivity contribution in [3.8, 4) is 0 Å². The molecule has 0 aromatic rings. The van der Waals surface area contributed by atoms with Gasteiger partial charge < -0.3 is 0 Å². The Labute approximate surface area is 110 Å². The summed E-state index contributed by atoms with van der Waals surface area (Å²) in [6, 6.07) is 0. The lowest BCUT2D eigenvalue weighted by Crippen LogP contribution is -2.08. The van der Waals surface area contributed by atoms with Crippen LogP contribution in [0.5, 0.6) is 0 Å². The van der Waals surface area contributed by atoms with Crippen LogP contribution in [0.1, 0.15) is 81.1 Å². The highest BCUT2D eigenvalue weighted by Gasteiger charge is 2.19. The highest BCUT2D eigenvalue weighted by molar-refractivity contribution is 8.00. The molecule has 1 rings (SSSR count). The molecule has 16 heavy (non-hydrogen) atoms. The molecule has 0 N–H and O–H groups in total. The molecule has 1 heteroatoms. The van der Waals surface area contributed by atoms with Crippen LogP contribution in [0.15, 0.2) is 0 Å². The molecule has 2 atom stereocenters. The van der Waals surface area contributed by atoms with Crippen LogP contribution in [-0.4, -0.2) is 11.0 Å². The summed E-state index contributed by atoms with van der Waals surface area (Å²) in [5.41, 5.74) is 0. The molecule has 0 amide bonds. The van der Waals surface area contributed by atoms with Crippen molar-refractivity contribution in [3.63, 3.8) is 0 Å². The van der Waals surface area contributed by atoms with Crippen LogP contribution in [0, 0.1) is 5.92 Å². The summed E-state index contributed by atoms with van der Waals surface area (Å²) in [4.78, 5) is 0. The van der Waals surface area contributed by atoms with E-state index in [0.29, 0.717) is 0 Å². The van der Waals surface area contributed by atoms with Gasteiger partial charge in [-0.05, 0) is 24.5 Å². The Morgan fingerprint density at radius 3 is 1.75 bits per heavy atom. The smallest absolute Gasteiger partial charge is 0.00728 e. The van der Waals surface area contributed by atoms with E-state index in [1.54, 1.807) is 0 Å². The van der Waals surface area contributed by atoms with Crippen LogP contribution in [0.25, 0.3) is 0 Å². The molecule has 2 unspecified atom stereocenters. The normalized spacial score (nSPS) is 19.1. The lowest BCUT2D eigenvalue weighted by Gasteiger charge is -2.14. The first-order chi connectivity index (χ1) is 7.76. The molecular weight excluding hydrogens is 212 g/mol. The van der Waals surface area contributed by atoms with Gasteiger partial charge in [0.25, 0.3) is 0 Å². The van der Waals surface area contributed by atoms with Gasteiger partial charge in [-0.1, -0.05) is 68.2 Å². The highest BCUT2D eigenvalue weighted by atomic mass is 32.2. The molecule has 1 fully saturated rings. The van der Waals surface area contributed by atoms with Crippen molar-refractivity contribution in [1.82, 2.24) is 0 Å². The average Bonchev–Trinajstić information content (AvgIpc) is 2.88. The SMILES string of the molecule is CC.CC.CCC.CCC(C)C1CCCS1. The van der Waals surface area contributed by atoms with Crippen LogP contribution in [-0.2, 0) is 0 Å². The summed E-state index contributed by atoms with van der Waals surface area (Å²) in [6.07, 6.45) is 5.54. The summed E-state index contributed by atoms with van der Waals surface area (Å²) in [5.74, 6) is 2.37. The third-order valence-electron chi connectivity index (χ3n) is 2.24. The molecule has 1 heterocycles. The first kappa shape index (κ1) is 21.6. The van der Waals surface area contributed by atoms with Crippen LogP contribution >= 0.6 is 11.8 Å². The van der Waals surface area contributed by atoms with Gasteiger partial charge in [0.2, 0.25) is 0 Å². The van der Waals surface area contributed by atoms with Crippen molar-refractivity contribution in [2.75, 3.05) is 5.75 Å². The molecule has 0 saturated carbocycles. The Kier molecular flexibility index (Phi) is 28.0. The van der Waals surface area contributed by atoms with Gasteiger partial charge in [0.05, 0.1) is 0 Å². The summed E-state index contributed by atoms with van der Waals surface area (Å²) in [6.45, 7) is 16.9. The fraction of sp³-hybridized carbons (Fsp3) is 1.00. The van der Waals surface area contributed by atoms with Crippen molar-refractivity contribution >= 4 is 11.8 Å². The fourth-order valence-electron chi connectivity index (χ4n) is 1.31. The van der Waals surface area contributed by atoms with E-state index in [4.69, 9.17) is 0 Å². The summed E-state index contributed by atoms with van der Waals surface area (Å²) >= 11 is 2.18. The van der Waals surface area contributed by atoms with E-state index in [9.17, 15) is 0 Å². The molecule has 0 aromatic heterocycles. The predicted octanol–water partition coefficient (Wildman–Crippen LogP) is 6.40. The van der Waals surface area contributed by atoms with Gasteiger partial charge in [-0.2, -0.15) is 11.8 Å². The monoisotopic (exact) mass is 248 g/mol. The number of hydrogen-bond donors (Lipinski definition) is 0. The van der Waals surface area contributed by atoms with Crippen LogP contribution in [0.3, 0.4) is 0 Å². The van der Waals surface area contributed by atoms with Crippen molar-refractivity contribution in [3.05, 3.63) is 0 Å². The van der Waals surface area contributed by atoms with E-state index in [1.807, 2.05) is 27.7 Å². The lowest BCUT2D eigenvalue weighted by molar-refractivity contribution is 0.521. The van der Waals surface area contributed by atoms with Crippen molar-refractivity contribution in [2.24, 2.45) is 5.92 Å². The molecule has 0 radical (unpaired) electrons. The highest BCUT2D eigenvalue weighted by Crippen LogP contribution is 2.32. The number of rotatable bonds is 2. The van der Waals surface area contributed by atoms with Gasteiger partial charge in [0.1, 0.15) is 0 Å². The molecule has 1 aliphatic rings. The van der Waals surface area contributed by atoms with Gasteiger partial charge in [-0.25, -0.2) is 0 Å². The summed E-state index contributed by atoms with van der Waals surface area (Å²) in [7, 11) is 0. The van der Waals surface area contributed by atoms with Gasteiger partial charge in [-0.3, -0.25) is 0 Å². The Morgan fingerprint density at radius 2 is 1.50 bits per heavy atom. The minimum absolute atomic E-state index is 0.956. The summed E-state index contributed by atoms with van der Waals surface area (Å²) < 4.78 is 0. The van der Waals surface area contributed by atoms with Crippen LogP contribution in [0.4, 0.5) is 0 Å². The maximum Gasteiger partial charge on any atom is 0.00728 e. The molecule has 0 nitrogen and oxygen atoms in total. The molecule has 1 saturated heterocycles. The fourth-order valence-corrected chi connectivity index (χ4v) is 2.80. The molecule has 1 aliphatic heterocycles. The Bertz CT molecular complexity index is 85.4. The quantitative estimate of drug-likeness (QED) is 0.545. The first-order valence-corrected chi connectivity index (χ1v) is 8.42. The topological polar surface area (TPSA) is 0 Å². The number of hydrogen-bond acceptors (Lipinski definition) is 1. The molecule has 0 spiro atoms. The van der Waals surface area contributed by atoms with Crippen molar-refractivity contribution in [2.45, 2.75) is 86.3 Å². The minimum Gasteiger partial charge on any atom is -0.158 e. The van der Waals surface area contributed by atoms with Gasteiger partial charge in [-0.15, -0.1) is 0 Å². The maximum atomic E-state index is 2.38. The van der Waals surface area contributed by atoms with E-state index in [1.165, 1.54) is 31.4 Å². The zero-order valence-electron chi connectivity index (χ0n) is 13.1. The molecule has 0 aliphatic carbocycles. The third-order valence-corrected chi connectivity index (χ3v) is 3.90. The largest absolute Gasteiger partial charge is 0.158 e. The first-order valence-electron chi connectivity index (χ1n) is 7.37. The van der Waals surface area contributed by atoms with E-state index < -0.39 is 0 Å². The van der Waals surface area contributed by atoms with Crippen LogP contribution in [0.2, 0.25) is 0 Å². The van der Waals surface area contributed by atoms with Crippen molar-refractivity contribution in [1.29, 1.82) is 0 Å². The Morgan fingerprint density at radius 1 is 1.06 bits per heavy atom. The lowest BCUT2D eigenvalue weighted by atomic mass is 10.0.